The number of hydrogen-bond donors (Lipinski definition) is 2. The fourth-order valence-electron chi connectivity index (χ4n) is 6.16. The maximum absolute atomic E-state index is 14.9. The van der Waals surface area contributed by atoms with Crippen molar-refractivity contribution in [3.63, 3.8) is 0 Å². The standard InChI is InChI=1S/C34H36ClF4N9O3/c1-32(2,3)17-34(22-8-5-19(6-9-22)21-14-42-46(15-21)29(38)39)28(49)47(30(40)44-34)25(16-51-31(50)45-33(4)11-12-33)20-7-10-23(35)24(13-20)48-27(26(36)37)41-18-43-48/h5-10,13-15,18,25-26,29H,11-12,16-17H2,1-4H3,(H2,40,44)(H,45,50)/t25-,34-/m1/s1. The zero-order chi connectivity index (χ0) is 36.9. The maximum atomic E-state index is 14.9. The molecule has 0 unspecified atom stereocenters. The van der Waals surface area contributed by atoms with Crippen LogP contribution in [0.2, 0.25) is 5.02 Å². The number of carbonyl (C=O) groups is 2. The lowest BCUT2D eigenvalue weighted by atomic mass is 9.75. The van der Waals surface area contributed by atoms with Crippen molar-refractivity contribution in [2.75, 3.05) is 6.61 Å². The Labute approximate surface area is 295 Å². The van der Waals surface area contributed by atoms with Gasteiger partial charge in [0.2, 0.25) is 0 Å². The molecule has 1 saturated carbocycles. The van der Waals surface area contributed by atoms with E-state index >= 15 is 0 Å². The first kappa shape index (κ1) is 35.8. The van der Waals surface area contributed by atoms with Gasteiger partial charge in [0, 0.05) is 17.3 Å². The first-order valence-corrected chi connectivity index (χ1v) is 16.4. The van der Waals surface area contributed by atoms with Gasteiger partial charge < -0.3 is 15.8 Å². The Bertz CT molecular complexity index is 1970. The van der Waals surface area contributed by atoms with Crippen LogP contribution in [-0.4, -0.2) is 59.6 Å². The van der Waals surface area contributed by atoms with Gasteiger partial charge >= 0.3 is 12.6 Å². The Morgan fingerprint density at radius 2 is 1.78 bits per heavy atom. The number of rotatable bonds is 11. The lowest BCUT2D eigenvalue weighted by molar-refractivity contribution is -0.135. The van der Waals surface area contributed by atoms with Crippen LogP contribution in [-0.2, 0) is 15.1 Å². The third kappa shape index (κ3) is 7.27. The second kappa shape index (κ2) is 13.3. The first-order valence-electron chi connectivity index (χ1n) is 16.1. The Balaban J connectivity index is 1.40. The second-order valence-electron chi connectivity index (χ2n) is 14.1. The van der Waals surface area contributed by atoms with Gasteiger partial charge in [-0.05, 0) is 60.4 Å². The molecule has 1 aliphatic carbocycles. The molecule has 1 fully saturated rings. The summed E-state index contributed by atoms with van der Waals surface area (Å²) >= 11 is 6.46. The molecule has 0 spiro atoms. The second-order valence-corrected chi connectivity index (χ2v) is 14.6. The fraction of sp³-hybridized carbons (Fsp3) is 0.412. The Morgan fingerprint density at radius 1 is 1.08 bits per heavy atom. The molecular weight excluding hydrogens is 694 g/mol. The Morgan fingerprint density at radius 3 is 2.39 bits per heavy atom. The molecule has 270 valence electrons. The van der Waals surface area contributed by atoms with E-state index < -0.39 is 53.3 Å². The van der Waals surface area contributed by atoms with Crippen LogP contribution in [0, 0.1) is 5.41 Å². The summed E-state index contributed by atoms with van der Waals surface area (Å²) in [6.45, 7) is 4.52. The summed E-state index contributed by atoms with van der Waals surface area (Å²) in [7, 11) is 0. The molecule has 6 rings (SSSR count). The SMILES string of the molecule is CC(C)(C)C[C@]1(c2ccc(-c3cnn(C(F)F)c3)cc2)N=C(N)N([C@H](COC(=O)NC2(C)CC2)c2ccc(Cl)c(-n3ncnc3C(F)F)c2)C1=O. The lowest BCUT2D eigenvalue weighted by Gasteiger charge is -2.35. The molecule has 2 amide bonds. The minimum absolute atomic E-state index is 0.0516. The number of guanidine groups is 1. The van der Waals surface area contributed by atoms with Crippen molar-refractivity contribution in [1.82, 2.24) is 34.8 Å². The van der Waals surface area contributed by atoms with E-state index in [0.29, 0.717) is 26.9 Å². The number of aliphatic imine (C=N–C) groups is 1. The Hall–Kier alpha value is -4.99. The molecule has 4 aromatic rings. The molecule has 3 heterocycles. The minimum atomic E-state index is -2.97. The molecule has 12 nitrogen and oxygen atoms in total. The van der Waals surface area contributed by atoms with E-state index in [2.05, 4.69) is 20.5 Å². The van der Waals surface area contributed by atoms with Crippen LogP contribution in [0.25, 0.3) is 16.8 Å². The van der Waals surface area contributed by atoms with Crippen LogP contribution >= 0.6 is 11.6 Å². The number of nitrogens with two attached hydrogens (primary N) is 1. The number of aromatic nitrogens is 5. The quantitative estimate of drug-likeness (QED) is 0.159. The summed E-state index contributed by atoms with van der Waals surface area (Å²) in [4.78, 5) is 37.5. The highest BCUT2D eigenvalue weighted by Gasteiger charge is 2.53. The number of halogens is 5. The highest BCUT2D eigenvalue weighted by atomic mass is 35.5. The summed E-state index contributed by atoms with van der Waals surface area (Å²) in [5.74, 6) is -1.34. The molecule has 17 heteroatoms. The van der Waals surface area contributed by atoms with Gasteiger partial charge in [-0.3, -0.25) is 9.69 Å². The van der Waals surface area contributed by atoms with Gasteiger partial charge in [0.15, 0.2) is 17.3 Å². The van der Waals surface area contributed by atoms with Gasteiger partial charge in [-0.1, -0.05) is 62.7 Å². The van der Waals surface area contributed by atoms with Crippen molar-refractivity contribution in [3.8, 4) is 16.8 Å². The normalized spacial score (nSPS) is 19.1. The van der Waals surface area contributed by atoms with Gasteiger partial charge in [-0.2, -0.15) is 19.0 Å². The van der Waals surface area contributed by atoms with Gasteiger partial charge in [0.1, 0.15) is 12.9 Å². The third-order valence-corrected chi connectivity index (χ3v) is 9.17. The topological polar surface area (TPSA) is 146 Å². The number of hydrogen-bond acceptors (Lipinski definition) is 8. The van der Waals surface area contributed by atoms with E-state index in [0.717, 1.165) is 23.9 Å². The number of nitrogens with zero attached hydrogens (tertiary/aromatic N) is 7. The van der Waals surface area contributed by atoms with E-state index in [-0.39, 0.29) is 29.7 Å². The molecule has 2 aliphatic rings. The zero-order valence-corrected chi connectivity index (χ0v) is 28.9. The van der Waals surface area contributed by atoms with Crippen molar-refractivity contribution in [3.05, 3.63) is 83.2 Å². The summed E-state index contributed by atoms with van der Waals surface area (Å²) in [6, 6.07) is 10.1. The third-order valence-electron chi connectivity index (χ3n) is 8.85. The molecule has 2 atom stereocenters. The lowest BCUT2D eigenvalue weighted by Crippen LogP contribution is -2.48. The van der Waals surface area contributed by atoms with Gasteiger partial charge in [-0.25, -0.2) is 32.9 Å². The highest BCUT2D eigenvalue weighted by molar-refractivity contribution is 6.32. The maximum Gasteiger partial charge on any atom is 0.407 e. The summed E-state index contributed by atoms with van der Waals surface area (Å²) in [5.41, 5.74) is 6.10. The number of nitrogens with one attached hydrogen (secondary N) is 1. The van der Waals surface area contributed by atoms with Crippen LogP contribution in [0.15, 0.2) is 66.2 Å². The number of alkyl carbamates (subject to hydrolysis) is 1. The number of alkyl halides is 4. The van der Waals surface area contributed by atoms with Crippen molar-refractivity contribution >= 4 is 29.6 Å². The van der Waals surface area contributed by atoms with Crippen LogP contribution in [0.3, 0.4) is 0 Å². The van der Waals surface area contributed by atoms with Gasteiger partial charge in [-0.15, -0.1) is 0 Å². The van der Waals surface area contributed by atoms with Gasteiger partial charge in [0.05, 0.1) is 22.9 Å². The molecule has 0 saturated heterocycles. The van der Waals surface area contributed by atoms with Crippen molar-refractivity contribution in [2.24, 2.45) is 16.1 Å². The fourth-order valence-corrected chi connectivity index (χ4v) is 6.36. The summed E-state index contributed by atoms with van der Waals surface area (Å²) in [5, 5.41) is 10.5. The Kier molecular flexibility index (Phi) is 9.33. The summed E-state index contributed by atoms with van der Waals surface area (Å²) in [6.07, 6.45) is 1.60. The molecule has 0 bridgehead atoms. The van der Waals surface area contributed by atoms with Gasteiger partial charge in [0.25, 0.3) is 12.3 Å². The van der Waals surface area contributed by atoms with Crippen molar-refractivity contribution in [2.45, 2.75) is 77.1 Å². The van der Waals surface area contributed by atoms with E-state index in [1.165, 1.54) is 29.4 Å². The van der Waals surface area contributed by atoms with E-state index in [9.17, 15) is 27.2 Å². The molecule has 3 N–H and O–H groups in total. The van der Waals surface area contributed by atoms with Crippen molar-refractivity contribution in [1.29, 1.82) is 0 Å². The predicted molar refractivity (Wildman–Crippen MR) is 179 cm³/mol. The van der Waals surface area contributed by atoms with E-state index in [1.54, 1.807) is 30.3 Å². The average molecular weight is 730 g/mol. The van der Waals surface area contributed by atoms with Crippen molar-refractivity contribution < 1.29 is 31.9 Å². The number of carbonyl (C=O) groups excluding carboxylic acids is 2. The number of ether oxygens (including phenoxy) is 1. The molecule has 1 aliphatic heterocycles. The first-order chi connectivity index (χ1) is 24.0. The van der Waals surface area contributed by atoms with Crippen LogP contribution in [0.5, 0.6) is 0 Å². The number of amides is 2. The monoisotopic (exact) mass is 729 g/mol. The van der Waals surface area contributed by atoms with E-state index in [1.807, 2.05) is 27.7 Å². The summed E-state index contributed by atoms with van der Waals surface area (Å²) < 4.78 is 61.1. The molecule has 0 radical (unpaired) electrons. The largest absolute Gasteiger partial charge is 0.447 e. The predicted octanol–water partition coefficient (Wildman–Crippen LogP) is 6.93. The number of benzene rings is 2. The van der Waals surface area contributed by atoms with Crippen LogP contribution < -0.4 is 11.1 Å². The molecule has 2 aromatic heterocycles. The smallest absolute Gasteiger partial charge is 0.407 e. The van der Waals surface area contributed by atoms with Crippen LogP contribution in [0.1, 0.15) is 82.9 Å². The minimum Gasteiger partial charge on any atom is -0.447 e. The molecule has 2 aromatic carbocycles. The molecule has 51 heavy (non-hydrogen) atoms. The molecular formula is C34H36ClF4N9O3. The highest BCUT2D eigenvalue weighted by Crippen LogP contribution is 2.45. The average Bonchev–Trinajstić information content (AvgIpc) is 3.43. The van der Waals surface area contributed by atoms with E-state index in [4.69, 9.17) is 27.1 Å². The van der Waals surface area contributed by atoms with Crippen LogP contribution in [0.4, 0.5) is 22.4 Å². The zero-order valence-electron chi connectivity index (χ0n) is 28.2.